The average molecular weight is 279 g/mol. The van der Waals surface area contributed by atoms with Gasteiger partial charge < -0.3 is 15.0 Å². The maximum atomic E-state index is 5.72. The molecule has 102 valence electrons. The highest BCUT2D eigenvalue weighted by atomic mass is 32.2. The quantitative estimate of drug-likeness (QED) is 0.848. The highest BCUT2D eigenvalue weighted by Crippen LogP contribution is 2.30. The zero-order valence-electron chi connectivity index (χ0n) is 11.2. The van der Waals surface area contributed by atoms with Crippen molar-refractivity contribution in [3.8, 4) is 17.2 Å². The van der Waals surface area contributed by atoms with Gasteiger partial charge in [0.05, 0.1) is 18.4 Å². The molecule has 2 rings (SSSR count). The van der Waals surface area contributed by atoms with Crippen molar-refractivity contribution in [2.45, 2.75) is 24.9 Å². The zero-order valence-corrected chi connectivity index (χ0v) is 12.0. The molecule has 2 aromatic rings. The molecule has 1 aromatic carbocycles. The van der Waals surface area contributed by atoms with Crippen molar-refractivity contribution in [1.29, 1.82) is 0 Å². The van der Waals surface area contributed by atoms with Gasteiger partial charge in [-0.3, -0.25) is 0 Å². The molecule has 6 heteroatoms. The molecule has 1 aromatic heterocycles. The van der Waals surface area contributed by atoms with Crippen LogP contribution in [0.2, 0.25) is 0 Å². The van der Waals surface area contributed by atoms with Crippen molar-refractivity contribution < 1.29 is 9.26 Å². The molecular weight excluding hydrogens is 262 g/mol. The molecule has 0 saturated carbocycles. The molecule has 0 unspecified atom stereocenters. The highest BCUT2D eigenvalue weighted by molar-refractivity contribution is 7.99. The van der Waals surface area contributed by atoms with Crippen molar-refractivity contribution >= 4 is 17.4 Å². The number of hydrogen-bond acceptors (Lipinski definition) is 6. The maximum Gasteiger partial charge on any atom is 0.261 e. The van der Waals surface area contributed by atoms with E-state index < -0.39 is 0 Å². The van der Waals surface area contributed by atoms with E-state index in [2.05, 4.69) is 24.0 Å². The van der Waals surface area contributed by atoms with Crippen LogP contribution in [0.15, 0.2) is 22.7 Å². The summed E-state index contributed by atoms with van der Waals surface area (Å²) in [4.78, 5) is 4.37. The molecule has 0 amide bonds. The lowest BCUT2D eigenvalue weighted by Crippen LogP contribution is -1.92. The van der Waals surface area contributed by atoms with Crippen LogP contribution in [0.5, 0.6) is 5.75 Å². The van der Waals surface area contributed by atoms with Gasteiger partial charge in [0.2, 0.25) is 0 Å². The Morgan fingerprint density at radius 3 is 2.89 bits per heavy atom. The van der Waals surface area contributed by atoms with Gasteiger partial charge in [-0.25, -0.2) is 0 Å². The molecule has 0 aliphatic rings. The molecule has 5 nitrogen and oxygen atoms in total. The SMILES string of the molecule is COc1cc(N)ccc1-c1nc(CSC(C)C)no1. The minimum Gasteiger partial charge on any atom is -0.496 e. The molecule has 0 atom stereocenters. The minimum absolute atomic E-state index is 0.455. The summed E-state index contributed by atoms with van der Waals surface area (Å²) in [5.41, 5.74) is 7.11. The molecular formula is C13H17N3O2S. The van der Waals surface area contributed by atoms with Crippen molar-refractivity contribution in [3.05, 3.63) is 24.0 Å². The summed E-state index contributed by atoms with van der Waals surface area (Å²) in [5.74, 6) is 2.51. The van der Waals surface area contributed by atoms with E-state index in [1.54, 1.807) is 31.0 Å². The summed E-state index contributed by atoms with van der Waals surface area (Å²) in [6.07, 6.45) is 0. The summed E-state index contributed by atoms with van der Waals surface area (Å²) in [7, 11) is 1.59. The van der Waals surface area contributed by atoms with Crippen molar-refractivity contribution in [2.75, 3.05) is 12.8 Å². The lowest BCUT2D eigenvalue weighted by Gasteiger charge is -2.05. The minimum atomic E-state index is 0.455. The molecule has 0 bridgehead atoms. The first-order chi connectivity index (χ1) is 9.10. The van der Waals surface area contributed by atoms with Gasteiger partial charge in [0, 0.05) is 11.8 Å². The number of rotatable bonds is 5. The van der Waals surface area contributed by atoms with E-state index in [4.69, 9.17) is 15.0 Å². The number of hydrogen-bond donors (Lipinski definition) is 1. The van der Waals surface area contributed by atoms with Crippen LogP contribution >= 0.6 is 11.8 Å². The predicted molar refractivity (Wildman–Crippen MR) is 77.1 cm³/mol. The molecule has 0 aliphatic heterocycles. The van der Waals surface area contributed by atoms with E-state index in [0.717, 1.165) is 11.3 Å². The zero-order chi connectivity index (χ0) is 13.8. The Kier molecular flexibility index (Phi) is 4.31. The van der Waals surface area contributed by atoms with Gasteiger partial charge in [0.1, 0.15) is 5.75 Å². The van der Waals surface area contributed by atoms with Crippen molar-refractivity contribution in [3.63, 3.8) is 0 Å². The number of ether oxygens (including phenoxy) is 1. The third-order valence-electron chi connectivity index (χ3n) is 2.47. The summed E-state index contributed by atoms with van der Waals surface area (Å²) in [6, 6.07) is 5.34. The van der Waals surface area contributed by atoms with E-state index in [-0.39, 0.29) is 0 Å². The van der Waals surface area contributed by atoms with E-state index >= 15 is 0 Å². The first-order valence-corrected chi connectivity index (χ1v) is 7.03. The third kappa shape index (κ3) is 3.41. The fourth-order valence-electron chi connectivity index (χ4n) is 1.55. The number of nitrogen functional groups attached to an aromatic ring is 1. The fourth-order valence-corrected chi connectivity index (χ4v) is 2.15. The molecule has 0 spiro atoms. The van der Waals surface area contributed by atoms with Gasteiger partial charge in [-0.2, -0.15) is 16.7 Å². The Bertz CT molecular complexity index is 555. The topological polar surface area (TPSA) is 74.2 Å². The van der Waals surface area contributed by atoms with Crippen LogP contribution < -0.4 is 10.5 Å². The Labute approximate surface area is 116 Å². The molecule has 0 aliphatic carbocycles. The number of thioether (sulfide) groups is 1. The number of nitrogens with two attached hydrogens (primary N) is 1. The Morgan fingerprint density at radius 2 is 2.21 bits per heavy atom. The van der Waals surface area contributed by atoms with Crippen LogP contribution in [-0.4, -0.2) is 22.5 Å². The number of benzene rings is 1. The Balaban J connectivity index is 2.22. The molecule has 0 fully saturated rings. The largest absolute Gasteiger partial charge is 0.496 e. The lowest BCUT2D eigenvalue weighted by molar-refractivity contribution is 0.404. The number of methoxy groups -OCH3 is 1. The smallest absolute Gasteiger partial charge is 0.261 e. The summed E-state index contributed by atoms with van der Waals surface area (Å²) < 4.78 is 10.5. The lowest BCUT2D eigenvalue weighted by atomic mass is 10.2. The van der Waals surface area contributed by atoms with Crippen LogP contribution in [0, 0.1) is 0 Å². The normalized spacial score (nSPS) is 10.9. The highest BCUT2D eigenvalue weighted by Gasteiger charge is 2.14. The summed E-state index contributed by atoms with van der Waals surface area (Å²) in [6.45, 7) is 4.27. The molecule has 0 saturated heterocycles. The average Bonchev–Trinajstić information content (AvgIpc) is 2.84. The van der Waals surface area contributed by atoms with Crippen LogP contribution in [0.1, 0.15) is 19.7 Å². The van der Waals surface area contributed by atoms with Crippen LogP contribution in [-0.2, 0) is 5.75 Å². The molecule has 19 heavy (non-hydrogen) atoms. The van der Waals surface area contributed by atoms with E-state index in [0.29, 0.717) is 28.4 Å². The first kappa shape index (κ1) is 13.7. The van der Waals surface area contributed by atoms with Gasteiger partial charge in [-0.05, 0) is 17.4 Å². The van der Waals surface area contributed by atoms with E-state index in [1.807, 2.05) is 6.07 Å². The van der Waals surface area contributed by atoms with Gasteiger partial charge in [-0.15, -0.1) is 0 Å². The fraction of sp³-hybridized carbons (Fsp3) is 0.385. The van der Waals surface area contributed by atoms with E-state index in [1.165, 1.54) is 0 Å². The van der Waals surface area contributed by atoms with Gasteiger partial charge in [-0.1, -0.05) is 19.0 Å². The number of nitrogens with zero attached hydrogens (tertiary/aromatic N) is 2. The summed E-state index contributed by atoms with van der Waals surface area (Å²) in [5, 5.41) is 4.50. The monoisotopic (exact) mass is 279 g/mol. The second-order valence-electron chi connectivity index (χ2n) is 4.34. The van der Waals surface area contributed by atoms with Crippen LogP contribution in [0.4, 0.5) is 5.69 Å². The second-order valence-corrected chi connectivity index (χ2v) is 5.90. The van der Waals surface area contributed by atoms with E-state index in [9.17, 15) is 0 Å². The molecule has 0 radical (unpaired) electrons. The standard InChI is InChI=1S/C13H17N3O2S/c1-8(2)19-7-12-15-13(18-16-12)10-5-4-9(14)6-11(10)17-3/h4-6,8H,7,14H2,1-3H3. The predicted octanol–water partition coefficient (Wildman–Crippen LogP) is 2.97. The van der Waals surface area contributed by atoms with Gasteiger partial charge >= 0.3 is 0 Å². The second kappa shape index (κ2) is 5.97. The summed E-state index contributed by atoms with van der Waals surface area (Å²) >= 11 is 1.77. The third-order valence-corrected chi connectivity index (χ3v) is 3.56. The van der Waals surface area contributed by atoms with Gasteiger partial charge in [0.25, 0.3) is 5.89 Å². The molecule has 2 N–H and O–H groups in total. The Hall–Kier alpha value is -1.69. The van der Waals surface area contributed by atoms with Crippen molar-refractivity contribution in [2.24, 2.45) is 0 Å². The Morgan fingerprint density at radius 1 is 1.42 bits per heavy atom. The maximum absolute atomic E-state index is 5.72. The number of aromatic nitrogens is 2. The number of anilines is 1. The van der Waals surface area contributed by atoms with Crippen LogP contribution in [0.3, 0.4) is 0 Å². The molecule has 1 heterocycles. The first-order valence-electron chi connectivity index (χ1n) is 5.98. The van der Waals surface area contributed by atoms with Crippen LogP contribution in [0.25, 0.3) is 11.5 Å². The van der Waals surface area contributed by atoms with Crippen molar-refractivity contribution in [1.82, 2.24) is 10.1 Å². The van der Waals surface area contributed by atoms with Gasteiger partial charge in [0.15, 0.2) is 5.82 Å².